The fourth-order valence-electron chi connectivity index (χ4n) is 4.06. The third-order valence-electron chi connectivity index (χ3n) is 5.70. The molecule has 1 saturated heterocycles. The molecule has 4 rings (SSSR count). The van der Waals surface area contributed by atoms with Gasteiger partial charge < -0.3 is 9.64 Å². The minimum Gasteiger partial charge on any atom is -0.383 e. The molecule has 2 heterocycles. The number of hydrogen-bond donors (Lipinski definition) is 0. The first-order valence-corrected chi connectivity index (χ1v) is 10.1. The van der Waals surface area contributed by atoms with Crippen LogP contribution < -0.4 is 5.56 Å². The standard InChI is InChI=1S/C23H26FN3O2/c1-29-15-14-26-12-10-19(11-13-26)27-23(28)21-5-3-2-4-20(21)22(25-27)16-17-6-8-18(24)9-7-17/h2-9,19H,10-16H2,1H3. The van der Waals surface area contributed by atoms with E-state index in [4.69, 9.17) is 9.84 Å². The van der Waals surface area contributed by atoms with Gasteiger partial charge in [-0.25, -0.2) is 9.07 Å². The van der Waals surface area contributed by atoms with Gasteiger partial charge in [-0.3, -0.25) is 4.79 Å². The lowest BCUT2D eigenvalue weighted by atomic mass is 10.0. The van der Waals surface area contributed by atoms with Crippen molar-refractivity contribution in [1.29, 1.82) is 0 Å². The second-order valence-electron chi connectivity index (χ2n) is 7.61. The molecular formula is C23H26FN3O2. The Morgan fingerprint density at radius 2 is 1.76 bits per heavy atom. The fourth-order valence-corrected chi connectivity index (χ4v) is 4.06. The van der Waals surface area contributed by atoms with Gasteiger partial charge in [-0.1, -0.05) is 30.3 Å². The molecule has 152 valence electrons. The maximum Gasteiger partial charge on any atom is 0.274 e. The van der Waals surface area contributed by atoms with Gasteiger partial charge in [0.2, 0.25) is 0 Å². The summed E-state index contributed by atoms with van der Waals surface area (Å²) < 4.78 is 20.1. The van der Waals surface area contributed by atoms with E-state index < -0.39 is 0 Å². The van der Waals surface area contributed by atoms with Gasteiger partial charge in [0.25, 0.3) is 5.56 Å². The Kier molecular flexibility index (Phi) is 6.02. The lowest BCUT2D eigenvalue weighted by Gasteiger charge is -2.32. The van der Waals surface area contributed by atoms with Gasteiger partial charge in [0.15, 0.2) is 0 Å². The lowest BCUT2D eigenvalue weighted by Crippen LogP contribution is -2.40. The SMILES string of the molecule is COCCN1CCC(n2nc(Cc3ccc(F)cc3)c3ccccc3c2=O)CC1. The zero-order valence-electron chi connectivity index (χ0n) is 16.7. The summed E-state index contributed by atoms with van der Waals surface area (Å²) in [6, 6.07) is 14.2. The molecule has 3 aromatic rings. The van der Waals surface area contributed by atoms with Gasteiger partial charge in [0, 0.05) is 38.6 Å². The summed E-state index contributed by atoms with van der Waals surface area (Å²) in [5.41, 5.74) is 1.80. The van der Waals surface area contributed by atoms with E-state index in [0.29, 0.717) is 11.8 Å². The Morgan fingerprint density at radius 3 is 2.45 bits per heavy atom. The molecule has 1 fully saturated rings. The first kappa shape index (κ1) is 19.7. The number of ether oxygens (including phenoxy) is 1. The quantitative estimate of drug-likeness (QED) is 0.642. The van der Waals surface area contributed by atoms with Gasteiger partial charge in [0.1, 0.15) is 5.82 Å². The number of nitrogens with zero attached hydrogens (tertiary/aromatic N) is 3. The Balaban J connectivity index is 1.65. The molecule has 0 atom stereocenters. The Hall–Kier alpha value is -2.57. The summed E-state index contributed by atoms with van der Waals surface area (Å²) in [6.45, 7) is 3.50. The molecule has 0 unspecified atom stereocenters. The molecule has 0 N–H and O–H groups in total. The van der Waals surface area contributed by atoms with E-state index in [1.807, 2.05) is 24.3 Å². The maximum absolute atomic E-state index is 13.3. The van der Waals surface area contributed by atoms with E-state index in [2.05, 4.69) is 4.90 Å². The molecule has 0 radical (unpaired) electrons. The monoisotopic (exact) mass is 395 g/mol. The second kappa shape index (κ2) is 8.84. The van der Waals surface area contributed by atoms with Crippen LogP contribution in [0.1, 0.15) is 30.1 Å². The van der Waals surface area contributed by atoms with E-state index in [9.17, 15) is 9.18 Å². The molecular weight excluding hydrogens is 369 g/mol. The van der Waals surface area contributed by atoms with Crippen molar-refractivity contribution >= 4 is 10.8 Å². The summed E-state index contributed by atoms with van der Waals surface area (Å²) in [5, 5.41) is 6.36. The predicted molar refractivity (Wildman–Crippen MR) is 112 cm³/mol. The van der Waals surface area contributed by atoms with Crippen LogP contribution in [0.25, 0.3) is 10.8 Å². The first-order chi connectivity index (χ1) is 14.2. The van der Waals surface area contributed by atoms with Gasteiger partial charge in [-0.2, -0.15) is 5.10 Å². The smallest absolute Gasteiger partial charge is 0.274 e. The molecule has 1 aromatic heterocycles. The van der Waals surface area contributed by atoms with Crippen LogP contribution >= 0.6 is 0 Å². The van der Waals surface area contributed by atoms with Gasteiger partial charge in [0.05, 0.1) is 23.7 Å². The highest BCUT2D eigenvalue weighted by Gasteiger charge is 2.23. The van der Waals surface area contributed by atoms with Crippen LogP contribution in [0.2, 0.25) is 0 Å². The van der Waals surface area contributed by atoms with Gasteiger partial charge >= 0.3 is 0 Å². The van der Waals surface area contributed by atoms with Crippen LogP contribution in [-0.2, 0) is 11.2 Å². The molecule has 0 aliphatic carbocycles. The van der Waals surface area contributed by atoms with Crippen LogP contribution in [0.5, 0.6) is 0 Å². The number of likely N-dealkylation sites (tertiary alicyclic amines) is 1. The topological polar surface area (TPSA) is 47.4 Å². The van der Waals surface area contributed by atoms with Crippen LogP contribution in [0, 0.1) is 5.82 Å². The normalized spacial score (nSPS) is 15.8. The summed E-state index contributed by atoms with van der Waals surface area (Å²) in [5.74, 6) is -0.253. The molecule has 0 amide bonds. The van der Waals surface area contributed by atoms with E-state index in [0.717, 1.165) is 55.7 Å². The average Bonchev–Trinajstić information content (AvgIpc) is 2.76. The lowest BCUT2D eigenvalue weighted by molar-refractivity contribution is 0.118. The number of methoxy groups -OCH3 is 1. The van der Waals surface area contributed by atoms with Crippen molar-refractivity contribution in [2.45, 2.75) is 25.3 Å². The fraction of sp³-hybridized carbons (Fsp3) is 0.391. The molecule has 0 spiro atoms. The predicted octanol–water partition coefficient (Wildman–Crippen LogP) is 3.41. The number of benzene rings is 2. The second-order valence-corrected chi connectivity index (χ2v) is 7.61. The number of hydrogen-bond acceptors (Lipinski definition) is 4. The number of halogens is 1. The molecule has 2 aromatic carbocycles. The van der Waals surface area contributed by atoms with Crippen molar-refractivity contribution in [2.75, 3.05) is 33.4 Å². The van der Waals surface area contributed by atoms with Crippen molar-refractivity contribution in [1.82, 2.24) is 14.7 Å². The Bertz CT molecular complexity index is 1020. The van der Waals surface area contributed by atoms with Crippen LogP contribution in [0.4, 0.5) is 4.39 Å². The summed E-state index contributed by atoms with van der Waals surface area (Å²) in [7, 11) is 1.72. The first-order valence-electron chi connectivity index (χ1n) is 10.1. The van der Waals surface area contributed by atoms with Crippen molar-refractivity contribution in [3.05, 3.63) is 76.0 Å². The van der Waals surface area contributed by atoms with Crippen LogP contribution in [0.15, 0.2) is 53.3 Å². The maximum atomic E-state index is 13.3. The highest BCUT2D eigenvalue weighted by Crippen LogP contribution is 2.23. The zero-order valence-corrected chi connectivity index (χ0v) is 16.7. The van der Waals surface area contributed by atoms with Crippen molar-refractivity contribution in [3.8, 4) is 0 Å². The Labute approximate surface area is 169 Å². The number of aromatic nitrogens is 2. The third-order valence-corrected chi connectivity index (χ3v) is 5.70. The molecule has 5 nitrogen and oxygen atoms in total. The molecule has 0 bridgehead atoms. The molecule has 6 heteroatoms. The summed E-state index contributed by atoms with van der Waals surface area (Å²) >= 11 is 0. The number of fused-ring (bicyclic) bond motifs is 1. The molecule has 0 saturated carbocycles. The molecule has 1 aliphatic rings. The number of piperidine rings is 1. The largest absolute Gasteiger partial charge is 0.383 e. The van der Waals surface area contributed by atoms with E-state index in [1.165, 1.54) is 12.1 Å². The third kappa shape index (κ3) is 4.38. The summed E-state index contributed by atoms with van der Waals surface area (Å²) in [4.78, 5) is 15.5. The van der Waals surface area contributed by atoms with Crippen molar-refractivity contribution in [3.63, 3.8) is 0 Å². The zero-order chi connectivity index (χ0) is 20.2. The van der Waals surface area contributed by atoms with E-state index >= 15 is 0 Å². The highest BCUT2D eigenvalue weighted by molar-refractivity contribution is 5.83. The Morgan fingerprint density at radius 1 is 1.07 bits per heavy atom. The highest BCUT2D eigenvalue weighted by atomic mass is 19.1. The van der Waals surface area contributed by atoms with Crippen molar-refractivity contribution < 1.29 is 9.13 Å². The molecule has 29 heavy (non-hydrogen) atoms. The minimum atomic E-state index is -0.253. The van der Waals surface area contributed by atoms with Crippen molar-refractivity contribution in [2.24, 2.45) is 0 Å². The summed E-state index contributed by atoms with van der Waals surface area (Å²) in [6.07, 6.45) is 2.35. The minimum absolute atomic E-state index is 0.0289. The van der Waals surface area contributed by atoms with Gasteiger partial charge in [-0.15, -0.1) is 0 Å². The average molecular weight is 395 g/mol. The van der Waals surface area contributed by atoms with Crippen LogP contribution in [-0.4, -0.2) is 48.0 Å². The van der Waals surface area contributed by atoms with E-state index in [1.54, 1.807) is 23.9 Å². The molecule has 1 aliphatic heterocycles. The number of rotatable bonds is 6. The van der Waals surface area contributed by atoms with E-state index in [-0.39, 0.29) is 17.4 Å². The van der Waals surface area contributed by atoms with Gasteiger partial charge in [-0.05, 0) is 36.6 Å². The van der Waals surface area contributed by atoms with Crippen LogP contribution in [0.3, 0.4) is 0 Å².